The van der Waals surface area contributed by atoms with Crippen LogP contribution in [0.2, 0.25) is 0 Å². The molecule has 0 amide bonds. The Balaban J connectivity index is 1.62. The van der Waals surface area contributed by atoms with Crippen molar-refractivity contribution in [2.45, 2.75) is 77.5 Å². The summed E-state index contributed by atoms with van der Waals surface area (Å²) >= 11 is 0. The maximum Gasteiger partial charge on any atom is 0.0210 e. The number of nitrogens with one attached hydrogen (secondary N) is 1. The molecule has 0 aliphatic carbocycles. The number of piperidine rings is 2. The minimum atomic E-state index is 0.706. The van der Waals surface area contributed by atoms with E-state index >= 15 is 0 Å². The summed E-state index contributed by atoms with van der Waals surface area (Å²) in [6, 6.07) is 7.03. The van der Waals surface area contributed by atoms with Gasteiger partial charge in [0.25, 0.3) is 0 Å². The van der Waals surface area contributed by atoms with Gasteiger partial charge in [-0.3, -0.25) is 0 Å². The van der Waals surface area contributed by atoms with Crippen LogP contribution >= 0.6 is 0 Å². The average Bonchev–Trinajstić information content (AvgIpc) is 2.42. The minimum Gasteiger partial charge on any atom is -0.310 e. The number of nitrogens with zero attached hydrogens (tertiary/aromatic N) is 1. The number of fused-ring (bicyclic) bond motifs is 2. The Hall–Kier alpha value is -0.860. The molecule has 2 heteroatoms. The predicted molar refractivity (Wildman–Crippen MR) is 89.7 cm³/mol. The molecule has 0 spiro atoms. The number of aryl methyl sites for hydroxylation is 3. The van der Waals surface area contributed by atoms with Gasteiger partial charge in [0, 0.05) is 24.7 Å². The Morgan fingerprint density at radius 3 is 2.29 bits per heavy atom. The molecule has 2 heterocycles. The van der Waals surface area contributed by atoms with Crippen molar-refractivity contribution in [3.8, 4) is 0 Å². The average molecular weight is 286 g/mol. The Morgan fingerprint density at radius 1 is 1.00 bits per heavy atom. The molecule has 1 aromatic carbocycles. The first-order valence-corrected chi connectivity index (χ1v) is 8.56. The highest BCUT2D eigenvalue weighted by atomic mass is 15.2. The van der Waals surface area contributed by atoms with Crippen LogP contribution in [-0.2, 0) is 6.54 Å². The summed E-state index contributed by atoms with van der Waals surface area (Å²) in [6.07, 6.45) is 6.89. The summed E-state index contributed by atoms with van der Waals surface area (Å²) in [6.45, 7) is 7.70. The summed E-state index contributed by atoms with van der Waals surface area (Å²) in [7, 11) is 2.33. The largest absolute Gasteiger partial charge is 0.310 e. The first-order valence-electron chi connectivity index (χ1n) is 8.56. The van der Waals surface area contributed by atoms with Gasteiger partial charge in [-0.2, -0.15) is 0 Å². The molecule has 3 rings (SSSR count). The summed E-state index contributed by atoms with van der Waals surface area (Å²) in [5.74, 6) is 0. The van der Waals surface area contributed by atoms with Gasteiger partial charge < -0.3 is 10.2 Å². The van der Waals surface area contributed by atoms with Crippen LogP contribution in [0.5, 0.6) is 0 Å². The Kier molecular flexibility index (Phi) is 4.37. The SMILES string of the molecule is Cc1cc(C)c(CNC2CC3CCCC(C2)N3C)cc1C. The van der Waals surface area contributed by atoms with E-state index in [1.807, 2.05) is 0 Å². The standard InChI is InChI=1S/C19H30N2/c1-13-8-15(3)16(9-14(13)2)12-20-17-10-18-6-5-7-19(11-17)21(18)4/h8-9,17-20H,5-7,10-12H2,1-4H3. The van der Waals surface area contributed by atoms with Crippen molar-refractivity contribution in [2.75, 3.05) is 7.05 Å². The van der Waals surface area contributed by atoms with Crippen molar-refractivity contribution in [1.82, 2.24) is 10.2 Å². The van der Waals surface area contributed by atoms with Gasteiger partial charge in [0.15, 0.2) is 0 Å². The van der Waals surface area contributed by atoms with Gasteiger partial charge >= 0.3 is 0 Å². The highest BCUT2D eigenvalue weighted by molar-refractivity contribution is 5.36. The second-order valence-electron chi connectivity index (χ2n) is 7.32. The van der Waals surface area contributed by atoms with Crippen LogP contribution in [0, 0.1) is 20.8 Å². The zero-order valence-corrected chi connectivity index (χ0v) is 14.1. The van der Waals surface area contributed by atoms with E-state index < -0.39 is 0 Å². The summed E-state index contributed by atoms with van der Waals surface area (Å²) in [4.78, 5) is 2.64. The van der Waals surface area contributed by atoms with Crippen LogP contribution < -0.4 is 5.32 Å². The second-order valence-corrected chi connectivity index (χ2v) is 7.32. The van der Waals surface area contributed by atoms with Crippen molar-refractivity contribution in [2.24, 2.45) is 0 Å². The monoisotopic (exact) mass is 286 g/mol. The van der Waals surface area contributed by atoms with Gasteiger partial charge in [0.1, 0.15) is 0 Å². The molecule has 1 aromatic rings. The smallest absolute Gasteiger partial charge is 0.0210 e. The quantitative estimate of drug-likeness (QED) is 0.911. The number of rotatable bonds is 3. The molecule has 2 aliphatic heterocycles. The van der Waals surface area contributed by atoms with E-state index in [1.54, 1.807) is 0 Å². The van der Waals surface area contributed by atoms with Crippen LogP contribution in [0.25, 0.3) is 0 Å². The highest BCUT2D eigenvalue weighted by Gasteiger charge is 2.35. The van der Waals surface area contributed by atoms with E-state index in [2.05, 4.69) is 50.2 Å². The molecule has 2 fully saturated rings. The van der Waals surface area contributed by atoms with Gasteiger partial charge in [-0.25, -0.2) is 0 Å². The van der Waals surface area contributed by atoms with Crippen LogP contribution in [0.4, 0.5) is 0 Å². The number of benzene rings is 1. The topological polar surface area (TPSA) is 15.3 Å². The molecule has 21 heavy (non-hydrogen) atoms. The number of hydrogen-bond acceptors (Lipinski definition) is 2. The molecule has 2 atom stereocenters. The predicted octanol–water partition coefficient (Wildman–Crippen LogP) is 3.72. The van der Waals surface area contributed by atoms with Gasteiger partial charge in [-0.05, 0) is 75.8 Å². The first-order chi connectivity index (χ1) is 10.0. The van der Waals surface area contributed by atoms with Crippen LogP contribution in [0.15, 0.2) is 12.1 Å². The molecule has 1 N–H and O–H groups in total. The lowest BCUT2D eigenvalue weighted by Gasteiger charge is -2.47. The van der Waals surface area contributed by atoms with Gasteiger partial charge in [0.05, 0.1) is 0 Å². The van der Waals surface area contributed by atoms with Crippen molar-refractivity contribution in [3.63, 3.8) is 0 Å². The summed E-state index contributed by atoms with van der Waals surface area (Å²) < 4.78 is 0. The molecule has 116 valence electrons. The molecular formula is C19H30N2. The van der Waals surface area contributed by atoms with E-state index in [-0.39, 0.29) is 0 Å². The van der Waals surface area contributed by atoms with E-state index in [0.29, 0.717) is 6.04 Å². The Labute approximate surface area is 129 Å². The Bertz CT molecular complexity index is 495. The van der Waals surface area contributed by atoms with Crippen LogP contribution in [0.1, 0.15) is 54.4 Å². The summed E-state index contributed by atoms with van der Waals surface area (Å²) in [5.41, 5.74) is 5.73. The molecule has 2 nitrogen and oxygen atoms in total. The van der Waals surface area contributed by atoms with Gasteiger partial charge in [-0.15, -0.1) is 0 Å². The molecule has 2 aliphatic rings. The molecule has 2 unspecified atom stereocenters. The van der Waals surface area contributed by atoms with Crippen molar-refractivity contribution >= 4 is 0 Å². The zero-order valence-electron chi connectivity index (χ0n) is 14.1. The molecule has 0 saturated carbocycles. The van der Waals surface area contributed by atoms with Crippen molar-refractivity contribution < 1.29 is 0 Å². The Morgan fingerprint density at radius 2 is 1.62 bits per heavy atom. The molecule has 0 aromatic heterocycles. The summed E-state index contributed by atoms with van der Waals surface area (Å²) in [5, 5.41) is 3.85. The zero-order chi connectivity index (χ0) is 15.0. The van der Waals surface area contributed by atoms with Crippen LogP contribution in [-0.4, -0.2) is 30.1 Å². The van der Waals surface area contributed by atoms with E-state index in [4.69, 9.17) is 0 Å². The molecular weight excluding hydrogens is 256 g/mol. The van der Waals surface area contributed by atoms with Crippen molar-refractivity contribution in [3.05, 3.63) is 34.4 Å². The van der Waals surface area contributed by atoms with E-state index in [1.165, 1.54) is 54.4 Å². The number of hydrogen-bond donors (Lipinski definition) is 1. The fourth-order valence-electron chi connectivity index (χ4n) is 4.25. The maximum absolute atomic E-state index is 3.85. The van der Waals surface area contributed by atoms with Crippen LogP contribution in [0.3, 0.4) is 0 Å². The first kappa shape index (κ1) is 15.1. The fourth-order valence-corrected chi connectivity index (χ4v) is 4.25. The normalized spacial score (nSPS) is 29.6. The minimum absolute atomic E-state index is 0.706. The van der Waals surface area contributed by atoms with Crippen molar-refractivity contribution in [1.29, 1.82) is 0 Å². The maximum atomic E-state index is 3.85. The lowest BCUT2D eigenvalue weighted by atomic mass is 9.82. The third kappa shape index (κ3) is 3.17. The van der Waals surface area contributed by atoms with Gasteiger partial charge in [0.2, 0.25) is 0 Å². The molecule has 2 bridgehead atoms. The second kappa shape index (κ2) is 6.10. The molecule has 2 saturated heterocycles. The van der Waals surface area contributed by atoms with E-state index in [9.17, 15) is 0 Å². The third-order valence-corrected chi connectivity index (χ3v) is 5.87. The molecule has 0 radical (unpaired) electrons. The highest BCUT2D eigenvalue weighted by Crippen LogP contribution is 2.32. The third-order valence-electron chi connectivity index (χ3n) is 5.87. The lowest BCUT2D eigenvalue weighted by Crippen LogP contribution is -2.54. The lowest BCUT2D eigenvalue weighted by molar-refractivity contribution is 0.0482. The van der Waals surface area contributed by atoms with Gasteiger partial charge in [-0.1, -0.05) is 18.6 Å². The fraction of sp³-hybridized carbons (Fsp3) is 0.684. The van der Waals surface area contributed by atoms with E-state index in [0.717, 1.165) is 18.6 Å².